The predicted octanol–water partition coefficient (Wildman–Crippen LogP) is 11.3. The number of benzene rings is 6. The SMILES string of the molecule is c1ccc(-c2cc(-c3cc(-c4ccc5ccccc5c4)cc(-c4ccnc5c4oc4ccccc45)c3)nc(-c3ccccc3)n2)cc1. The molecule has 0 aliphatic rings. The average Bonchev–Trinajstić information content (AvgIpc) is 3.54. The van der Waals surface area contributed by atoms with Crippen LogP contribution in [0.4, 0.5) is 0 Å². The van der Waals surface area contributed by atoms with E-state index in [9.17, 15) is 0 Å². The molecule has 6 aromatic carbocycles. The minimum Gasteiger partial charge on any atom is -0.454 e. The number of hydrogen-bond acceptors (Lipinski definition) is 4. The van der Waals surface area contributed by atoms with Gasteiger partial charge in [0.1, 0.15) is 11.1 Å². The summed E-state index contributed by atoms with van der Waals surface area (Å²) in [7, 11) is 0. The molecule has 9 rings (SSSR count). The van der Waals surface area contributed by atoms with Gasteiger partial charge >= 0.3 is 0 Å². The maximum Gasteiger partial charge on any atom is 0.161 e. The number of para-hydroxylation sites is 1. The van der Waals surface area contributed by atoms with Gasteiger partial charge in [-0.15, -0.1) is 0 Å². The van der Waals surface area contributed by atoms with Crippen LogP contribution in [-0.2, 0) is 0 Å². The van der Waals surface area contributed by atoms with Gasteiger partial charge in [0.15, 0.2) is 11.4 Å². The molecule has 3 heterocycles. The van der Waals surface area contributed by atoms with Crippen LogP contribution in [0.3, 0.4) is 0 Å². The van der Waals surface area contributed by atoms with Crippen LogP contribution in [0.1, 0.15) is 0 Å². The second kappa shape index (κ2) is 11.2. The van der Waals surface area contributed by atoms with Crippen molar-refractivity contribution in [1.29, 1.82) is 0 Å². The second-order valence-corrected chi connectivity index (χ2v) is 11.7. The molecule has 0 bridgehead atoms. The fourth-order valence-corrected chi connectivity index (χ4v) is 6.37. The number of furan rings is 1. The molecular formula is C43H27N3O. The topological polar surface area (TPSA) is 51.8 Å². The molecule has 0 radical (unpaired) electrons. The summed E-state index contributed by atoms with van der Waals surface area (Å²) in [6.07, 6.45) is 1.87. The van der Waals surface area contributed by atoms with E-state index in [0.29, 0.717) is 5.82 Å². The Labute approximate surface area is 271 Å². The molecule has 0 saturated carbocycles. The molecule has 47 heavy (non-hydrogen) atoms. The monoisotopic (exact) mass is 601 g/mol. The normalized spacial score (nSPS) is 11.4. The zero-order chi connectivity index (χ0) is 31.2. The van der Waals surface area contributed by atoms with E-state index in [1.54, 1.807) is 0 Å². The zero-order valence-electron chi connectivity index (χ0n) is 25.3. The van der Waals surface area contributed by atoms with Crippen LogP contribution < -0.4 is 0 Å². The van der Waals surface area contributed by atoms with E-state index in [0.717, 1.165) is 72.4 Å². The quantitative estimate of drug-likeness (QED) is 0.197. The molecule has 220 valence electrons. The van der Waals surface area contributed by atoms with Crippen molar-refractivity contribution in [2.75, 3.05) is 0 Å². The number of hydrogen-bond donors (Lipinski definition) is 0. The highest BCUT2D eigenvalue weighted by molar-refractivity contribution is 6.07. The maximum absolute atomic E-state index is 6.45. The number of aromatic nitrogens is 3. The Morgan fingerprint density at radius 2 is 1.09 bits per heavy atom. The van der Waals surface area contributed by atoms with E-state index in [1.165, 1.54) is 10.8 Å². The highest BCUT2D eigenvalue weighted by atomic mass is 16.3. The first-order chi connectivity index (χ1) is 23.3. The Bertz CT molecular complexity index is 2510. The summed E-state index contributed by atoms with van der Waals surface area (Å²) in [5.41, 5.74) is 11.4. The lowest BCUT2D eigenvalue weighted by atomic mass is 9.93. The van der Waals surface area contributed by atoms with Crippen LogP contribution in [0.25, 0.3) is 89.0 Å². The van der Waals surface area contributed by atoms with Gasteiger partial charge in [-0.25, -0.2) is 9.97 Å². The number of nitrogens with zero attached hydrogens (tertiary/aromatic N) is 3. The fourth-order valence-electron chi connectivity index (χ4n) is 6.37. The fraction of sp³-hybridized carbons (Fsp3) is 0. The molecule has 0 aliphatic carbocycles. The Kier molecular flexibility index (Phi) is 6.43. The van der Waals surface area contributed by atoms with Gasteiger partial charge in [0.05, 0.1) is 11.4 Å². The van der Waals surface area contributed by atoms with Gasteiger partial charge in [-0.05, 0) is 76.0 Å². The molecule has 0 amide bonds. The van der Waals surface area contributed by atoms with E-state index in [1.807, 2.05) is 66.9 Å². The molecule has 3 aromatic heterocycles. The first-order valence-electron chi connectivity index (χ1n) is 15.7. The van der Waals surface area contributed by atoms with Crippen LogP contribution in [-0.4, -0.2) is 15.0 Å². The molecule has 9 aromatic rings. The van der Waals surface area contributed by atoms with Crippen LogP contribution in [0.15, 0.2) is 168 Å². The predicted molar refractivity (Wildman–Crippen MR) is 192 cm³/mol. The number of rotatable bonds is 5. The highest BCUT2D eigenvalue weighted by Crippen LogP contribution is 2.39. The van der Waals surface area contributed by atoms with Crippen molar-refractivity contribution in [2.45, 2.75) is 0 Å². The van der Waals surface area contributed by atoms with Crippen molar-refractivity contribution >= 4 is 32.8 Å². The molecule has 0 unspecified atom stereocenters. The van der Waals surface area contributed by atoms with E-state index < -0.39 is 0 Å². The van der Waals surface area contributed by atoms with Gasteiger partial charge in [-0.2, -0.15) is 0 Å². The average molecular weight is 602 g/mol. The number of pyridine rings is 1. The standard InChI is InChI=1S/C43H27N3O/c1-3-12-29(13-4-1)38-27-39(46-43(45-38)30-14-5-2-6-15-30)35-25-33(32-20-19-28-11-7-8-16-31(28)23-32)24-34(26-35)36-21-22-44-41-37-17-9-10-18-40(37)47-42(36)41/h1-27H. The van der Waals surface area contributed by atoms with Crippen molar-refractivity contribution in [3.63, 3.8) is 0 Å². The van der Waals surface area contributed by atoms with Gasteiger partial charge in [-0.1, -0.05) is 109 Å². The first-order valence-corrected chi connectivity index (χ1v) is 15.7. The Morgan fingerprint density at radius 3 is 1.91 bits per heavy atom. The summed E-state index contributed by atoms with van der Waals surface area (Å²) in [6.45, 7) is 0. The van der Waals surface area contributed by atoms with Crippen molar-refractivity contribution in [3.8, 4) is 56.2 Å². The minimum atomic E-state index is 0.684. The van der Waals surface area contributed by atoms with E-state index in [2.05, 4.69) is 97.1 Å². The van der Waals surface area contributed by atoms with Crippen molar-refractivity contribution in [2.24, 2.45) is 0 Å². The van der Waals surface area contributed by atoms with Crippen LogP contribution in [0, 0.1) is 0 Å². The van der Waals surface area contributed by atoms with Gasteiger partial charge < -0.3 is 4.42 Å². The highest BCUT2D eigenvalue weighted by Gasteiger charge is 2.17. The molecule has 4 nitrogen and oxygen atoms in total. The number of fused-ring (bicyclic) bond motifs is 4. The van der Waals surface area contributed by atoms with Crippen LogP contribution in [0.5, 0.6) is 0 Å². The molecule has 0 atom stereocenters. The molecule has 0 N–H and O–H groups in total. The maximum atomic E-state index is 6.45. The molecule has 0 saturated heterocycles. The van der Waals surface area contributed by atoms with Crippen LogP contribution in [0.2, 0.25) is 0 Å². The molecule has 0 spiro atoms. The third-order valence-electron chi connectivity index (χ3n) is 8.71. The third kappa shape index (κ3) is 4.93. The van der Waals surface area contributed by atoms with Crippen molar-refractivity contribution in [3.05, 3.63) is 164 Å². The first kappa shape index (κ1) is 27.0. The van der Waals surface area contributed by atoms with Gasteiger partial charge in [0, 0.05) is 33.8 Å². The molecule has 0 aliphatic heterocycles. The lowest BCUT2D eigenvalue weighted by Crippen LogP contribution is -1.96. The van der Waals surface area contributed by atoms with Crippen LogP contribution >= 0.6 is 0 Å². The molecule has 4 heteroatoms. The second-order valence-electron chi connectivity index (χ2n) is 11.7. The van der Waals surface area contributed by atoms with E-state index in [-0.39, 0.29) is 0 Å². The van der Waals surface area contributed by atoms with Gasteiger partial charge in [-0.3, -0.25) is 4.98 Å². The summed E-state index contributed by atoms with van der Waals surface area (Å²) < 4.78 is 6.45. The largest absolute Gasteiger partial charge is 0.454 e. The minimum absolute atomic E-state index is 0.684. The van der Waals surface area contributed by atoms with E-state index in [4.69, 9.17) is 19.4 Å². The van der Waals surface area contributed by atoms with Gasteiger partial charge in [0.2, 0.25) is 0 Å². The summed E-state index contributed by atoms with van der Waals surface area (Å²) >= 11 is 0. The van der Waals surface area contributed by atoms with Gasteiger partial charge in [0.25, 0.3) is 0 Å². The molecular weight excluding hydrogens is 574 g/mol. The zero-order valence-corrected chi connectivity index (χ0v) is 25.3. The Balaban J connectivity index is 1.31. The lowest BCUT2D eigenvalue weighted by Gasteiger charge is -2.14. The van der Waals surface area contributed by atoms with E-state index >= 15 is 0 Å². The van der Waals surface area contributed by atoms with Crippen molar-refractivity contribution < 1.29 is 4.42 Å². The molecule has 0 fully saturated rings. The Morgan fingerprint density at radius 1 is 0.426 bits per heavy atom. The third-order valence-corrected chi connectivity index (χ3v) is 8.71. The lowest BCUT2D eigenvalue weighted by molar-refractivity contribution is 0.669. The Hall–Kier alpha value is -6.39. The summed E-state index contributed by atoms with van der Waals surface area (Å²) in [5, 5.41) is 3.41. The van der Waals surface area contributed by atoms with Crippen molar-refractivity contribution in [1.82, 2.24) is 15.0 Å². The summed E-state index contributed by atoms with van der Waals surface area (Å²) in [4.78, 5) is 14.9. The smallest absolute Gasteiger partial charge is 0.161 e. The summed E-state index contributed by atoms with van der Waals surface area (Å²) in [6, 6.07) is 54.4. The summed E-state index contributed by atoms with van der Waals surface area (Å²) in [5.74, 6) is 0.684.